The number of rotatable bonds is 4. The molecule has 0 atom stereocenters. The molecule has 112 valence electrons. The van der Waals surface area contributed by atoms with Crippen molar-refractivity contribution in [3.8, 4) is 0 Å². The number of carbonyl (C=O) groups excluding carboxylic acids is 2. The molecular formula is C10H12N2O4S4Zn. The monoisotopic (exact) mass is 416 g/mol. The zero-order valence-corrected chi connectivity index (χ0v) is 17.6. The molecule has 11 heteroatoms. The second kappa shape index (κ2) is 14.5. The Bertz CT molecular complexity index is 403. The normalized spacial score (nSPS) is 8.10. The molecule has 6 nitrogen and oxygen atoms in total. The minimum absolute atomic E-state index is 0. The molecule has 0 aromatic rings. The molecule has 2 N–H and O–H groups in total. The van der Waals surface area contributed by atoms with Crippen molar-refractivity contribution >= 4 is 80.8 Å². The number of thiocarbonyl (C=S) groups is 4. The molecule has 0 radical (unpaired) electrons. The van der Waals surface area contributed by atoms with E-state index in [1.807, 2.05) is 10.6 Å². The predicted molar refractivity (Wildman–Crippen MR) is 88.0 cm³/mol. The molecule has 0 bridgehead atoms. The van der Waals surface area contributed by atoms with Gasteiger partial charge >= 0.3 is 19.5 Å². The van der Waals surface area contributed by atoms with Gasteiger partial charge in [-0.1, -0.05) is 62.7 Å². The summed E-state index contributed by atoms with van der Waals surface area (Å²) in [7, 11) is 0. The van der Waals surface area contributed by atoms with Gasteiger partial charge < -0.3 is 30.4 Å². The van der Waals surface area contributed by atoms with Crippen molar-refractivity contribution in [2.24, 2.45) is 0 Å². The van der Waals surface area contributed by atoms with Crippen LogP contribution in [-0.4, -0.2) is 31.9 Å². The van der Waals surface area contributed by atoms with Gasteiger partial charge in [-0.2, -0.15) is 0 Å². The summed E-state index contributed by atoms with van der Waals surface area (Å²) in [4.78, 5) is 20.7. The van der Waals surface area contributed by atoms with E-state index >= 15 is 0 Å². The average molecular weight is 418 g/mol. The molecule has 0 aromatic heterocycles. The Morgan fingerprint density at radius 1 is 0.810 bits per heavy atom. The van der Waals surface area contributed by atoms with Crippen LogP contribution in [0.15, 0.2) is 0 Å². The maximum atomic E-state index is 9.86. The van der Waals surface area contributed by atoms with Crippen LogP contribution in [0.4, 0.5) is 9.59 Å². The summed E-state index contributed by atoms with van der Waals surface area (Å²) in [6, 6.07) is 0. The zero-order chi connectivity index (χ0) is 16.3. The molecule has 0 fully saturated rings. The van der Waals surface area contributed by atoms with Crippen LogP contribution < -0.4 is 20.8 Å². The number of carbonyl (C=O) groups is 2. The van der Waals surface area contributed by atoms with Crippen LogP contribution in [0, 0.1) is 0 Å². The average Bonchev–Trinajstić information content (AvgIpc) is 2.35. The van der Waals surface area contributed by atoms with Gasteiger partial charge in [0, 0.05) is 9.73 Å². The molecule has 21 heavy (non-hydrogen) atoms. The van der Waals surface area contributed by atoms with Crippen molar-refractivity contribution in [3.05, 3.63) is 0 Å². The van der Waals surface area contributed by atoms with E-state index in [-0.39, 0.29) is 29.5 Å². The zero-order valence-electron chi connectivity index (χ0n) is 11.4. The van der Waals surface area contributed by atoms with Gasteiger partial charge in [-0.05, 0) is 12.8 Å². The molecular weight excluding hydrogens is 406 g/mol. The van der Waals surface area contributed by atoms with Gasteiger partial charge in [0.25, 0.3) is 0 Å². The molecule has 0 aromatic carbocycles. The fourth-order valence-electron chi connectivity index (χ4n) is 0.646. The van der Waals surface area contributed by atoms with Crippen LogP contribution in [0.5, 0.6) is 0 Å². The molecule has 0 heterocycles. The predicted octanol–water partition coefficient (Wildman–Crippen LogP) is 0.0507. The summed E-state index contributed by atoms with van der Waals surface area (Å²) in [5, 5.41) is 23.5. The molecule has 0 aliphatic carbocycles. The van der Waals surface area contributed by atoms with Crippen molar-refractivity contribution in [2.45, 2.75) is 26.7 Å². The number of amides is 2. The van der Waals surface area contributed by atoms with Crippen molar-refractivity contribution in [1.29, 1.82) is 0 Å². The van der Waals surface area contributed by atoms with Gasteiger partial charge in [0.05, 0.1) is 0 Å². The summed E-state index contributed by atoms with van der Waals surface area (Å²) in [6.07, 6.45) is -1.70. The fourth-order valence-corrected chi connectivity index (χ4v) is 1.20. The van der Waals surface area contributed by atoms with Gasteiger partial charge in [0.2, 0.25) is 0 Å². The largest absolute Gasteiger partial charge is 2.00 e. The van der Waals surface area contributed by atoms with Gasteiger partial charge in [0.1, 0.15) is 22.2 Å². The van der Waals surface area contributed by atoms with E-state index in [2.05, 4.69) is 24.4 Å². The van der Waals surface area contributed by atoms with Crippen molar-refractivity contribution in [3.63, 3.8) is 0 Å². The standard InChI is InChI=1S/2C5H7NO2S2.Zn/c2*1-2-3(9)4(10)6-5(7)8;/h2*2H2,1H3,(H,6,10)(H,7,8);/q;;+2/p-2. The van der Waals surface area contributed by atoms with Crippen molar-refractivity contribution < 1.29 is 39.3 Å². The molecule has 0 unspecified atom stereocenters. The van der Waals surface area contributed by atoms with Crippen LogP contribution in [0.2, 0.25) is 0 Å². The van der Waals surface area contributed by atoms with E-state index in [4.69, 9.17) is 24.4 Å². The molecule has 0 aliphatic rings. The van der Waals surface area contributed by atoms with E-state index in [1.54, 1.807) is 13.8 Å². The molecule has 0 saturated carbocycles. The number of carboxylic acid groups (broad SMARTS) is 2. The molecule has 0 aliphatic heterocycles. The topological polar surface area (TPSA) is 104 Å². The third-order valence-corrected chi connectivity index (χ3v) is 3.52. The van der Waals surface area contributed by atoms with E-state index in [0.29, 0.717) is 22.6 Å². The summed E-state index contributed by atoms with van der Waals surface area (Å²) in [5.41, 5.74) is 0. The Kier molecular flexibility index (Phi) is 17.5. The van der Waals surface area contributed by atoms with Gasteiger partial charge in [-0.15, -0.1) is 0 Å². The first-order valence-electron chi connectivity index (χ1n) is 5.25. The van der Waals surface area contributed by atoms with E-state index < -0.39 is 12.2 Å². The Morgan fingerprint density at radius 3 is 1.19 bits per heavy atom. The maximum absolute atomic E-state index is 9.86. The second-order valence-electron chi connectivity index (χ2n) is 3.04. The van der Waals surface area contributed by atoms with Crippen LogP contribution in [0.1, 0.15) is 26.7 Å². The first kappa shape index (κ1) is 25.5. The third-order valence-electron chi connectivity index (χ3n) is 1.58. The van der Waals surface area contributed by atoms with Crippen LogP contribution in [0.25, 0.3) is 0 Å². The SMILES string of the molecule is CCC(=S)C(=S)NC(=O)[O-].CCC(=S)C(=S)NC(=O)[O-].[Zn+2]. The quantitative estimate of drug-likeness (QED) is 0.488. The summed E-state index contributed by atoms with van der Waals surface area (Å²) in [5.74, 6) is 0. The first-order chi connectivity index (χ1) is 9.15. The molecule has 0 saturated heterocycles. The van der Waals surface area contributed by atoms with Gasteiger partial charge in [-0.25, -0.2) is 0 Å². The van der Waals surface area contributed by atoms with Gasteiger partial charge in [-0.3, -0.25) is 0 Å². The number of hydrogen-bond acceptors (Lipinski definition) is 8. The van der Waals surface area contributed by atoms with Crippen LogP contribution in [-0.2, 0) is 19.5 Å². The Morgan fingerprint density at radius 2 is 1.05 bits per heavy atom. The maximum Gasteiger partial charge on any atom is 2.00 e. The third kappa shape index (κ3) is 15.7. The molecule has 0 spiro atoms. The Hall–Kier alpha value is -0.477. The van der Waals surface area contributed by atoms with E-state index in [1.165, 1.54) is 0 Å². The molecule has 2 amide bonds. The first-order valence-corrected chi connectivity index (χ1v) is 6.89. The summed E-state index contributed by atoms with van der Waals surface area (Å²) >= 11 is 18.6. The minimum atomic E-state index is -1.42. The van der Waals surface area contributed by atoms with Crippen molar-refractivity contribution in [2.75, 3.05) is 0 Å². The fraction of sp³-hybridized carbons (Fsp3) is 0.400. The second-order valence-corrected chi connectivity index (χ2v) is 4.84. The number of hydrogen-bond donors (Lipinski definition) is 2. The minimum Gasteiger partial charge on any atom is -0.530 e. The number of nitrogens with one attached hydrogen (secondary N) is 2. The van der Waals surface area contributed by atoms with Gasteiger partial charge in [0.15, 0.2) is 0 Å². The van der Waals surface area contributed by atoms with E-state index in [0.717, 1.165) is 0 Å². The Balaban J connectivity index is -0.000000295. The van der Waals surface area contributed by atoms with Crippen molar-refractivity contribution in [1.82, 2.24) is 10.6 Å². The van der Waals surface area contributed by atoms with Crippen LogP contribution >= 0.6 is 48.9 Å². The van der Waals surface area contributed by atoms with Crippen LogP contribution in [0.3, 0.4) is 0 Å². The summed E-state index contributed by atoms with van der Waals surface area (Å²) < 4.78 is 0. The van der Waals surface area contributed by atoms with E-state index in [9.17, 15) is 19.8 Å². The summed E-state index contributed by atoms with van der Waals surface area (Å²) in [6.45, 7) is 3.59. The smallest absolute Gasteiger partial charge is 0.530 e. The molecule has 0 rings (SSSR count). The Labute approximate surface area is 156 Å².